The lowest BCUT2D eigenvalue weighted by Gasteiger charge is -2.36. The Labute approximate surface area is 175 Å². The van der Waals surface area contributed by atoms with Gasteiger partial charge in [0, 0.05) is 19.1 Å². The Bertz CT molecular complexity index is 947. The summed E-state index contributed by atoms with van der Waals surface area (Å²) in [6, 6.07) is 8.97. The fourth-order valence-electron chi connectivity index (χ4n) is 3.36. The van der Waals surface area contributed by atoms with Gasteiger partial charge in [-0.05, 0) is 45.7 Å². The van der Waals surface area contributed by atoms with Gasteiger partial charge < -0.3 is 25.4 Å². The molecule has 0 bridgehead atoms. The van der Waals surface area contributed by atoms with Crippen LogP contribution in [-0.4, -0.2) is 52.6 Å². The minimum Gasteiger partial charge on any atom is -0.477 e. The minimum absolute atomic E-state index is 0.0529. The molecular weight excluding hydrogens is 386 g/mol. The van der Waals surface area contributed by atoms with E-state index in [0.29, 0.717) is 43.1 Å². The number of carbonyl (C=O) groups excluding carboxylic acids is 1. The molecule has 1 fully saturated rings. The van der Waals surface area contributed by atoms with E-state index in [9.17, 15) is 20.0 Å². The van der Waals surface area contributed by atoms with Gasteiger partial charge in [-0.3, -0.25) is 0 Å². The number of nitrogens with zero attached hydrogens (tertiary/aromatic N) is 3. The van der Waals surface area contributed by atoms with Gasteiger partial charge in [-0.1, -0.05) is 12.1 Å². The molecule has 9 nitrogen and oxygen atoms in total. The molecule has 0 radical (unpaired) electrons. The molecular formula is C21H25N5O4. The predicted molar refractivity (Wildman–Crippen MR) is 111 cm³/mol. The Kier molecular flexibility index (Phi) is 5.96. The molecule has 0 spiro atoms. The van der Waals surface area contributed by atoms with Crippen LogP contribution in [0.25, 0.3) is 0 Å². The Balaban J connectivity index is 1.79. The molecule has 2 heterocycles. The topological polar surface area (TPSA) is 127 Å². The van der Waals surface area contributed by atoms with E-state index >= 15 is 0 Å². The molecule has 0 aliphatic carbocycles. The lowest BCUT2D eigenvalue weighted by molar-refractivity contribution is -0.132. The minimum atomic E-state index is -1.31. The normalized spacial score (nSPS) is 18.3. The zero-order chi connectivity index (χ0) is 21.9. The van der Waals surface area contributed by atoms with Crippen LogP contribution < -0.4 is 10.6 Å². The monoisotopic (exact) mass is 411 g/mol. The molecule has 2 aliphatic heterocycles. The summed E-state index contributed by atoms with van der Waals surface area (Å²) in [6.07, 6.45) is 0.828. The first-order valence-electron chi connectivity index (χ1n) is 9.75. The number of anilines is 1. The van der Waals surface area contributed by atoms with Crippen LogP contribution in [-0.2, 0) is 9.53 Å². The Morgan fingerprint density at radius 3 is 2.57 bits per heavy atom. The first-order chi connectivity index (χ1) is 14.2. The lowest BCUT2D eigenvalue weighted by atomic mass is 10.0. The number of fused-ring (bicyclic) bond motifs is 1. The van der Waals surface area contributed by atoms with Gasteiger partial charge in [0.05, 0.1) is 11.4 Å². The molecule has 1 aromatic rings. The van der Waals surface area contributed by atoms with Gasteiger partial charge in [-0.2, -0.15) is 5.26 Å². The summed E-state index contributed by atoms with van der Waals surface area (Å²) >= 11 is 0. The van der Waals surface area contributed by atoms with Gasteiger partial charge in [0.1, 0.15) is 17.4 Å². The zero-order valence-electron chi connectivity index (χ0n) is 17.2. The average molecular weight is 411 g/mol. The van der Waals surface area contributed by atoms with Crippen LogP contribution in [0.4, 0.5) is 16.2 Å². The van der Waals surface area contributed by atoms with Crippen molar-refractivity contribution < 1.29 is 19.4 Å². The summed E-state index contributed by atoms with van der Waals surface area (Å²) < 4.78 is 5.31. The maximum Gasteiger partial charge on any atom is 0.407 e. The number of likely N-dealkylation sites (tertiary alicyclic amines) is 1. The number of alkyl carbamates (subject to hydrolysis) is 1. The van der Waals surface area contributed by atoms with Crippen molar-refractivity contribution >= 4 is 29.3 Å². The molecule has 0 atom stereocenters. The molecule has 1 amide bonds. The highest BCUT2D eigenvalue weighted by Crippen LogP contribution is 2.33. The summed E-state index contributed by atoms with van der Waals surface area (Å²) in [7, 11) is 0. The third-order valence-electron chi connectivity index (χ3n) is 4.70. The fourth-order valence-corrected chi connectivity index (χ4v) is 3.36. The van der Waals surface area contributed by atoms with Crippen LogP contribution in [0, 0.1) is 11.3 Å². The third kappa shape index (κ3) is 4.89. The second-order valence-corrected chi connectivity index (χ2v) is 8.15. The first kappa shape index (κ1) is 21.2. The second-order valence-electron chi connectivity index (χ2n) is 8.15. The highest BCUT2D eigenvalue weighted by Gasteiger charge is 2.31. The number of nitrogens with one attached hydrogen (secondary N) is 2. The van der Waals surface area contributed by atoms with Gasteiger partial charge in [-0.25, -0.2) is 14.6 Å². The second kappa shape index (κ2) is 8.45. The number of amidine groups is 1. The van der Waals surface area contributed by atoms with Crippen molar-refractivity contribution in [3.05, 3.63) is 35.5 Å². The predicted octanol–water partition coefficient (Wildman–Crippen LogP) is 2.99. The fraction of sp³-hybridized carbons (Fsp3) is 0.429. The number of carbonyl (C=O) groups is 2. The first-order valence-corrected chi connectivity index (χ1v) is 9.75. The number of piperidine rings is 1. The van der Waals surface area contributed by atoms with Gasteiger partial charge in [-0.15, -0.1) is 0 Å². The van der Waals surface area contributed by atoms with E-state index in [1.165, 1.54) is 0 Å². The summed E-state index contributed by atoms with van der Waals surface area (Å²) in [5.41, 5.74) is 0.546. The number of aliphatic imine (C=N–C) groups is 1. The molecule has 3 rings (SSSR count). The molecule has 0 unspecified atom stereocenters. The van der Waals surface area contributed by atoms with E-state index in [2.05, 4.69) is 15.6 Å². The van der Waals surface area contributed by atoms with E-state index in [1.807, 2.05) is 43.9 Å². The summed E-state index contributed by atoms with van der Waals surface area (Å²) in [6.45, 7) is 6.52. The molecule has 3 N–H and O–H groups in total. The maximum atomic E-state index is 12.0. The van der Waals surface area contributed by atoms with Gasteiger partial charge >= 0.3 is 12.1 Å². The van der Waals surface area contributed by atoms with Crippen LogP contribution in [0.2, 0.25) is 0 Å². The van der Waals surface area contributed by atoms with Crippen LogP contribution in [0.5, 0.6) is 0 Å². The van der Waals surface area contributed by atoms with E-state index in [4.69, 9.17) is 4.74 Å². The molecule has 30 heavy (non-hydrogen) atoms. The Morgan fingerprint density at radius 2 is 1.97 bits per heavy atom. The van der Waals surface area contributed by atoms with Crippen LogP contribution >= 0.6 is 0 Å². The molecule has 9 heteroatoms. The molecule has 158 valence electrons. The number of hydrogen-bond acceptors (Lipinski definition) is 7. The standard InChI is InChI=1S/C21H25N5O4/c1-21(2,3)30-20(29)23-13-8-10-26(11-9-13)18-17(14(12-22)19(27)28)24-15-6-4-5-7-16(15)25-18/h4-7,13,24H,8-11H2,1-3H3,(H,23,29)(H,27,28)/b17-14+. The highest BCUT2D eigenvalue weighted by atomic mass is 16.6. The molecule has 0 aromatic heterocycles. The molecule has 1 aromatic carbocycles. The van der Waals surface area contributed by atoms with Gasteiger partial charge in [0.25, 0.3) is 0 Å². The number of nitriles is 1. The van der Waals surface area contributed by atoms with Crippen molar-refractivity contribution in [2.24, 2.45) is 4.99 Å². The average Bonchev–Trinajstić information content (AvgIpc) is 2.67. The number of para-hydroxylation sites is 2. The molecule has 0 saturated carbocycles. The van der Waals surface area contributed by atoms with E-state index in [1.54, 1.807) is 12.1 Å². The SMILES string of the molecule is CC(C)(C)OC(=O)NC1CCN(C2=Nc3ccccc3N/C2=C(\C#N)C(=O)O)CC1. The summed E-state index contributed by atoms with van der Waals surface area (Å²) in [4.78, 5) is 30.2. The van der Waals surface area contributed by atoms with Crippen LogP contribution in [0.1, 0.15) is 33.6 Å². The number of amides is 1. The van der Waals surface area contributed by atoms with E-state index in [0.717, 1.165) is 0 Å². The lowest BCUT2D eigenvalue weighted by Crippen LogP contribution is -2.48. The number of carboxylic acid groups (broad SMARTS) is 1. The van der Waals surface area contributed by atoms with E-state index < -0.39 is 23.2 Å². The number of hydrogen-bond donors (Lipinski definition) is 3. The smallest absolute Gasteiger partial charge is 0.407 e. The maximum absolute atomic E-state index is 12.0. The highest BCUT2D eigenvalue weighted by molar-refractivity contribution is 6.12. The summed E-state index contributed by atoms with van der Waals surface area (Å²) in [5.74, 6) is -0.892. The number of aliphatic carboxylic acids is 1. The van der Waals surface area contributed by atoms with Crippen LogP contribution in [0.15, 0.2) is 40.5 Å². The van der Waals surface area contributed by atoms with Crippen molar-refractivity contribution in [1.29, 1.82) is 5.26 Å². The van der Waals surface area contributed by atoms with Crippen molar-refractivity contribution in [3.8, 4) is 6.07 Å². The van der Waals surface area contributed by atoms with Crippen molar-refractivity contribution in [1.82, 2.24) is 10.2 Å². The Morgan fingerprint density at radius 1 is 1.30 bits per heavy atom. The zero-order valence-corrected chi connectivity index (χ0v) is 17.2. The molecule has 2 aliphatic rings. The van der Waals surface area contributed by atoms with E-state index in [-0.39, 0.29) is 11.7 Å². The number of carboxylic acids is 1. The van der Waals surface area contributed by atoms with Crippen molar-refractivity contribution in [2.45, 2.75) is 45.3 Å². The summed E-state index contributed by atoms with van der Waals surface area (Å²) in [5, 5.41) is 24.8. The van der Waals surface area contributed by atoms with Crippen molar-refractivity contribution in [2.75, 3.05) is 18.4 Å². The van der Waals surface area contributed by atoms with Gasteiger partial charge in [0.2, 0.25) is 0 Å². The largest absolute Gasteiger partial charge is 0.477 e. The van der Waals surface area contributed by atoms with Crippen molar-refractivity contribution in [3.63, 3.8) is 0 Å². The third-order valence-corrected chi connectivity index (χ3v) is 4.70. The van der Waals surface area contributed by atoms with Gasteiger partial charge in [0.15, 0.2) is 11.4 Å². The number of rotatable bonds is 2. The number of benzene rings is 1. The van der Waals surface area contributed by atoms with Crippen LogP contribution in [0.3, 0.4) is 0 Å². The molecule has 1 saturated heterocycles. The Hall–Kier alpha value is -3.54. The quantitative estimate of drug-likeness (QED) is 0.504. The number of ether oxygens (including phenoxy) is 1.